The molecular weight excluding hydrogens is 380 g/mol. The molecule has 1 aliphatic heterocycles. The highest BCUT2D eigenvalue weighted by atomic mass is 35.5. The number of benzene rings is 1. The normalized spacial score (nSPS) is 17.0. The molecule has 1 unspecified atom stereocenters. The van der Waals surface area contributed by atoms with Crippen LogP contribution in [0.5, 0.6) is 0 Å². The first-order valence-electron chi connectivity index (χ1n) is 8.38. The first kappa shape index (κ1) is 22.3. The average Bonchev–Trinajstić information content (AvgIpc) is 2.55. The molecule has 8 heteroatoms. The van der Waals surface area contributed by atoms with Crippen molar-refractivity contribution in [2.24, 2.45) is 5.73 Å². The number of thioether (sulfide) groups is 1. The van der Waals surface area contributed by atoms with E-state index in [1.807, 2.05) is 24.8 Å². The van der Waals surface area contributed by atoms with Gasteiger partial charge in [-0.3, -0.25) is 4.79 Å². The quantitative estimate of drug-likeness (QED) is 0.734. The zero-order valence-electron chi connectivity index (χ0n) is 14.7. The van der Waals surface area contributed by atoms with Gasteiger partial charge in [-0.25, -0.2) is 8.42 Å². The van der Waals surface area contributed by atoms with Gasteiger partial charge in [0.1, 0.15) is 0 Å². The SMILES string of the molecule is CCCS(=O)(=O)c1ccccc1SC(C)C(=O)N1CCC(N)CC1.Cl. The molecule has 0 aliphatic carbocycles. The second-order valence-corrected chi connectivity index (χ2v) is 9.65. The lowest BCUT2D eigenvalue weighted by molar-refractivity contribution is -0.131. The standard InChI is InChI=1S/C17H26N2O3S2.ClH/c1-3-12-24(21,22)16-7-5-4-6-15(16)23-13(2)17(20)19-10-8-14(18)9-11-19;/h4-7,13-14H,3,8-12,18H2,1-2H3;1H. The third kappa shape index (κ3) is 5.88. The van der Waals surface area contributed by atoms with Crippen LogP contribution in [-0.4, -0.2) is 49.4 Å². The summed E-state index contributed by atoms with van der Waals surface area (Å²) in [7, 11) is -3.31. The summed E-state index contributed by atoms with van der Waals surface area (Å²) in [5.41, 5.74) is 5.88. The second kappa shape index (κ2) is 9.80. The zero-order chi connectivity index (χ0) is 17.7. The van der Waals surface area contributed by atoms with E-state index in [4.69, 9.17) is 5.73 Å². The van der Waals surface area contributed by atoms with Crippen molar-refractivity contribution in [2.75, 3.05) is 18.8 Å². The number of nitrogens with zero attached hydrogens (tertiary/aromatic N) is 1. The lowest BCUT2D eigenvalue weighted by Gasteiger charge is -2.32. The minimum atomic E-state index is -3.31. The Labute approximate surface area is 161 Å². The molecule has 2 rings (SSSR count). The van der Waals surface area contributed by atoms with Crippen LogP contribution in [-0.2, 0) is 14.6 Å². The van der Waals surface area contributed by atoms with Crippen molar-refractivity contribution < 1.29 is 13.2 Å². The molecule has 0 spiro atoms. The van der Waals surface area contributed by atoms with Crippen molar-refractivity contribution in [2.45, 2.75) is 54.2 Å². The summed E-state index contributed by atoms with van der Waals surface area (Å²) in [6.07, 6.45) is 2.22. The van der Waals surface area contributed by atoms with Crippen molar-refractivity contribution in [3.63, 3.8) is 0 Å². The lowest BCUT2D eigenvalue weighted by Crippen LogP contribution is -2.45. The Balaban J connectivity index is 0.00000312. The molecule has 25 heavy (non-hydrogen) atoms. The van der Waals surface area contributed by atoms with Crippen LogP contribution in [0.4, 0.5) is 0 Å². The molecule has 1 heterocycles. The maximum absolute atomic E-state index is 12.6. The Morgan fingerprint density at radius 2 is 1.92 bits per heavy atom. The summed E-state index contributed by atoms with van der Waals surface area (Å²) in [6, 6.07) is 7.13. The highest BCUT2D eigenvalue weighted by Gasteiger charge is 2.27. The van der Waals surface area contributed by atoms with Gasteiger partial charge in [0, 0.05) is 24.0 Å². The Morgan fingerprint density at radius 1 is 1.32 bits per heavy atom. The molecule has 1 aliphatic rings. The van der Waals surface area contributed by atoms with E-state index in [-0.39, 0.29) is 35.4 Å². The Morgan fingerprint density at radius 3 is 2.52 bits per heavy atom. The number of nitrogens with two attached hydrogens (primary N) is 1. The predicted octanol–water partition coefficient (Wildman–Crippen LogP) is 2.72. The minimum Gasteiger partial charge on any atom is -0.342 e. The van der Waals surface area contributed by atoms with Crippen LogP contribution >= 0.6 is 24.2 Å². The molecule has 1 amide bonds. The van der Waals surface area contributed by atoms with Crippen molar-refractivity contribution in [1.29, 1.82) is 0 Å². The summed E-state index contributed by atoms with van der Waals surface area (Å²) >= 11 is 1.32. The van der Waals surface area contributed by atoms with Gasteiger partial charge in [0.05, 0.1) is 15.9 Å². The van der Waals surface area contributed by atoms with Crippen LogP contribution in [0.15, 0.2) is 34.1 Å². The van der Waals surface area contributed by atoms with Gasteiger partial charge < -0.3 is 10.6 Å². The first-order valence-corrected chi connectivity index (χ1v) is 10.9. The molecule has 1 aromatic carbocycles. The fourth-order valence-corrected chi connectivity index (χ4v) is 5.72. The van der Waals surface area contributed by atoms with Gasteiger partial charge in [0.25, 0.3) is 0 Å². The van der Waals surface area contributed by atoms with Crippen LogP contribution in [0.2, 0.25) is 0 Å². The summed E-state index contributed by atoms with van der Waals surface area (Å²) in [6.45, 7) is 5.05. The molecule has 0 radical (unpaired) electrons. The Kier molecular flexibility index (Phi) is 8.74. The lowest BCUT2D eigenvalue weighted by atomic mass is 10.1. The van der Waals surface area contributed by atoms with E-state index in [0.717, 1.165) is 12.8 Å². The van der Waals surface area contributed by atoms with E-state index in [1.54, 1.807) is 18.2 Å². The highest BCUT2D eigenvalue weighted by molar-refractivity contribution is 8.01. The molecule has 1 saturated heterocycles. The summed E-state index contributed by atoms with van der Waals surface area (Å²) in [5, 5.41) is -0.322. The van der Waals surface area contributed by atoms with E-state index >= 15 is 0 Å². The molecule has 1 aromatic rings. The number of likely N-dealkylation sites (tertiary alicyclic amines) is 1. The van der Waals surface area contributed by atoms with E-state index in [9.17, 15) is 13.2 Å². The number of hydrogen-bond donors (Lipinski definition) is 1. The van der Waals surface area contributed by atoms with Crippen molar-refractivity contribution >= 4 is 39.9 Å². The maximum Gasteiger partial charge on any atom is 0.235 e. The molecular formula is C17H27ClN2O3S2. The summed E-state index contributed by atoms with van der Waals surface area (Å²) in [4.78, 5) is 15.4. The van der Waals surface area contributed by atoms with Crippen molar-refractivity contribution in [3.05, 3.63) is 24.3 Å². The van der Waals surface area contributed by atoms with Crippen molar-refractivity contribution in [1.82, 2.24) is 4.90 Å². The van der Waals surface area contributed by atoms with E-state index < -0.39 is 9.84 Å². The fourth-order valence-electron chi connectivity index (χ4n) is 2.80. The molecule has 2 N–H and O–H groups in total. The number of piperidine rings is 1. The number of hydrogen-bond acceptors (Lipinski definition) is 5. The van der Waals surface area contributed by atoms with Gasteiger partial charge >= 0.3 is 0 Å². The number of carbonyl (C=O) groups is 1. The zero-order valence-corrected chi connectivity index (χ0v) is 17.1. The van der Waals surface area contributed by atoms with Crippen LogP contribution < -0.4 is 5.73 Å². The number of rotatable bonds is 6. The molecule has 0 aromatic heterocycles. The van der Waals surface area contributed by atoms with Gasteiger partial charge in [-0.15, -0.1) is 24.2 Å². The fraction of sp³-hybridized carbons (Fsp3) is 0.588. The van der Waals surface area contributed by atoms with Gasteiger partial charge in [0.15, 0.2) is 9.84 Å². The van der Waals surface area contributed by atoms with Crippen LogP contribution in [0.25, 0.3) is 0 Å². The Hall–Kier alpha value is -0.760. The van der Waals surface area contributed by atoms with Crippen molar-refractivity contribution in [3.8, 4) is 0 Å². The van der Waals surface area contributed by atoms with Crippen LogP contribution in [0.1, 0.15) is 33.1 Å². The first-order chi connectivity index (χ1) is 11.3. The largest absolute Gasteiger partial charge is 0.342 e. The van der Waals surface area contributed by atoms with E-state index in [1.165, 1.54) is 11.8 Å². The monoisotopic (exact) mass is 406 g/mol. The number of halogens is 1. The topological polar surface area (TPSA) is 80.5 Å². The highest BCUT2D eigenvalue weighted by Crippen LogP contribution is 2.31. The van der Waals surface area contributed by atoms with Gasteiger partial charge in [-0.1, -0.05) is 19.1 Å². The number of sulfone groups is 1. The maximum atomic E-state index is 12.6. The average molecular weight is 407 g/mol. The molecule has 142 valence electrons. The Bertz CT molecular complexity index is 674. The van der Waals surface area contributed by atoms with Gasteiger partial charge in [-0.2, -0.15) is 0 Å². The van der Waals surface area contributed by atoms with Gasteiger partial charge in [0.2, 0.25) is 5.91 Å². The van der Waals surface area contributed by atoms with E-state index in [0.29, 0.717) is 29.3 Å². The minimum absolute atomic E-state index is 0. The summed E-state index contributed by atoms with van der Waals surface area (Å²) < 4.78 is 24.8. The van der Waals surface area contributed by atoms with Crippen LogP contribution in [0.3, 0.4) is 0 Å². The van der Waals surface area contributed by atoms with Crippen LogP contribution in [0, 0.1) is 0 Å². The molecule has 0 bridgehead atoms. The predicted molar refractivity (Wildman–Crippen MR) is 105 cm³/mol. The number of amides is 1. The smallest absolute Gasteiger partial charge is 0.235 e. The summed E-state index contributed by atoms with van der Waals surface area (Å²) in [5.74, 6) is 0.172. The molecule has 1 atom stereocenters. The molecule has 0 saturated carbocycles. The van der Waals surface area contributed by atoms with Gasteiger partial charge in [-0.05, 0) is 38.3 Å². The number of carbonyl (C=O) groups excluding carboxylic acids is 1. The molecule has 5 nitrogen and oxygen atoms in total. The third-order valence-electron chi connectivity index (χ3n) is 4.16. The third-order valence-corrected chi connectivity index (χ3v) is 7.43. The molecule has 1 fully saturated rings. The van der Waals surface area contributed by atoms with E-state index in [2.05, 4.69) is 0 Å². The second-order valence-electron chi connectivity index (χ2n) is 6.19.